The van der Waals surface area contributed by atoms with Crippen LogP contribution >= 0.6 is 11.5 Å². The van der Waals surface area contributed by atoms with Crippen LogP contribution in [0.5, 0.6) is 5.75 Å². The van der Waals surface area contributed by atoms with Crippen molar-refractivity contribution in [3.05, 3.63) is 76.3 Å². The first-order valence-electron chi connectivity index (χ1n) is 8.24. The van der Waals surface area contributed by atoms with Crippen molar-refractivity contribution in [3.63, 3.8) is 0 Å². The predicted octanol–water partition coefficient (Wildman–Crippen LogP) is 3.27. The van der Waals surface area contributed by atoms with Crippen LogP contribution in [-0.2, 0) is 11.3 Å². The van der Waals surface area contributed by atoms with Gasteiger partial charge in [-0.05, 0) is 41.4 Å². The fraction of sp³-hybridized carbons (Fsp3) is 0.100. The summed E-state index contributed by atoms with van der Waals surface area (Å²) in [6, 6.07) is 14.4. The second-order valence-electron chi connectivity index (χ2n) is 5.98. The maximum atomic E-state index is 13.1. The van der Waals surface area contributed by atoms with Gasteiger partial charge in [-0.3, -0.25) is 14.5 Å². The van der Waals surface area contributed by atoms with Crippen molar-refractivity contribution in [3.8, 4) is 5.75 Å². The molecule has 134 valence electrons. The quantitative estimate of drug-likeness (QED) is 0.515. The zero-order valence-corrected chi connectivity index (χ0v) is 15.3. The number of nitrogens with zero attached hydrogens (tertiary/aromatic N) is 3. The minimum atomic E-state index is -0.345. The van der Waals surface area contributed by atoms with Crippen LogP contribution in [0.15, 0.2) is 53.9 Å². The Morgan fingerprint density at radius 3 is 2.44 bits per heavy atom. The molecule has 7 heteroatoms. The van der Waals surface area contributed by atoms with Crippen molar-refractivity contribution in [1.29, 1.82) is 0 Å². The van der Waals surface area contributed by atoms with E-state index in [0.717, 1.165) is 11.3 Å². The fourth-order valence-corrected chi connectivity index (χ4v) is 3.39. The second kappa shape index (κ2) is 7.13. The first-order valence-corrected chi connectivity index (χ1v) is 9.08. The van der Waals surface area contributed by atoms with Crippen molar-refractivity contribution >= 4 is 35.0 Å². The average molecular weight is 377 g/mol. The fourth-order valence-electron chi connectivity index (χ4n) is 2.98. The maximum absolute atomic E-state index is 13.1. The van der Waals surface area contributed by atoms with Gasteiger partial charge >= 0.3 is 0 Å². The molecule has 0 fully saturated rings. The summed E-state index contributed by atoms with van der Waals surface area (Å²) in [5.41, 5.74) is 2.99. The largest absolute Gasteiger partial charge is 0.497 e. The van der Waals surface area contributed by atoms with Gasteiger partial charge in [0.2, 0.25) is 0 Å². The molecule has 0 spiro atoms. The Hall–Kier alpha value is -3.32. The van der Waals surface area contributed by atoms with Gasteiger partial charge in [-0.2, -0.15) is 0 Å². The van der Waals surface area contributed by atoms with E-state index in [-0.39, 0.29) is 18.4 Å². The van der Waals surface area contributed by atoms with E-state index in [2.05, 4.69) is 9.59 Å². The summed E-state index contributed by atoms with van der Waals surface area (Å²) < 4.78 is 8.99. The van der Waals surface area contributed by atoms with E-state index in [9.17, 15) is 9.59 Å². The highest BCUT2D eigenvalue weighted by Crippen LogP contribution is 2.31. The van der Waals surface area contributed by atoms with Crippen LogP contribution in [0.1, 0.15) is 27.2 Å². The standard InChI is InChI=1S/C20H15N3O3S/c1-26-15-8-6-13(7-9-15)11-23-19(24)17-5-3-2-4-16(17)18(20(23)25)10-14-12-27-22-21-14/h2-10,12H,11H2,1H3/b18-10-. The molecule has 0 aliphatic carbocycles. The van der Waals surface area contributed by atoms with Crippen LogP contribution in [0.4, 0.5) is 0 Å². The van der Waals surface area contributed by atoms with Crippen LogP contribution < -0.4 is 4.74 Å². The highest BCUT2D eigenvalue weighted by Gasteiger charge is 2.34. The summed E-state index contributed by atoms with van der Waals surface area (Å²) >= 11 is 1.21. The Bertz CT molecular complexity index is 1030. The lowest BCUT2D eigenvalue weighted by Crippen LogP contribution is -2.41. The molecule has 0 saturated carbocycles. The summed E-state index contributed by atoms with van der Waals surface area (Å²) in [7, 11) is 1.59. The number of amides is 2. The number of hydrogen-bond acceptors (Lipinski definition) is 6. The van der Waals surface area contributed by atoms with Crippen LogP contribution in [0, 0.1) is 0 Å². The van der Waals surface area contributed by atoms with Gasteiger partial charge in [0.15, 0.2) is 0 Å². The first-order chi connectivity index (χ1) is 13.2. The van der Waals surface area contributed by atoms with Crippen LogP contribution in [-0.4, -0.2) is 33.4 Å². The lowest BCUT2D eigenvalue weighted by atomic mass is 9.92. The van der Waals surface area contributed by atoms with E-state index in [0.29, 0.717) is 22.4 Å². The molecular weight excluding hydrogens is 362 g/mol. The Labute approximate surface area is 159 Å². The summed E-state index contributed by atoms with van der Waals surface area (Å²) in [6.07, 6.45) is 1.68. The Morgan fingerprint density at radius 1 is 1.04 bits per heavy atom. The Balaban J connectivity index is 1.74. The third-order valence-corrected chi connectivity index (χ3v) is 4.86. The topological polar surface area (TPSA) is 72.4 Å². The number of carbonyl (C=O) groups is 2. The Morgan fingerprint density at radius 2 is 1.78 bits per heavy atom. The molecule has 0 N–H and O–H groups in total. The summed E-state index contributed by atoms with van der Waals surface area (Å²) in [6.45, 7) is 0.183. The number of rotatable bonds is 4. The van der Waals surface area contributed by atoms with Gasteiger partial charge in [0.05, 0.1) is 24.9 Å². The predicted molar refractivity (Wildman–Crippen MR) is 102 cm³/mol. The molecule has 2 heterocycles. The van der Waals surface area contributed by atoms with Crippen molar-refractivity contribution in [2.45, 2.75) is 6.54 Å². The molecule has 2 amide bonds. The van der Waals surface area contributed by atoms with Crippen LogP contribution in [0.25, 0.3) is 11.6 Å². The molecule has 3 aromatic rings. The zero-order chi connectivity index (χ0) is 18.8. The van der Waals surface area contributed by atoms with Crippen molar-refractivity contribution in [2.75, 3.05) is 7.11 Å². The normalized spacial score (nSPS) is 15.1. The van der Waals surface area contributed by atoms with E-state index in [1.54, 1.807) is 48.9 Å². The molecule has 1 aromatic heterocycles. The van der Waals surface area contributed by atoms with E-state index in [1.165, 1.54) is 16.4 Å². The summed E-state index contributed by atoms with van der Waals surface area (Å²) in [5, 5.41) is 5.74. The second-order valence-corrected chi connectivity index (χ2v) is 6.59. The van der Waals surface area contributed by atoms with Crippen LogP contribution in [0.3, 0.4) is 0 Å². The number of methoxy groups -OCH3 is 1. The molecule has 0 saturated heterocycles. The third-order valence-electron chi connectivity index (χ3n) is 4.34. The highest BCUT2D eigenvalue weighted by atomic mass is 32.1. The third kappa shape index (κ3) is 3.24. The van der Waals surface area contributed by atoms with Gasteiger partial charge in [0, 0.05) is 16.5 Å². The minimum Gasteiger partial charge on any atom is -0.497 e. The SMILES string of the molecule is COc1ccc(CN2C(=O)/C(=C\c3csnn3)c3ccccc3C2=O)cc1. The van der Waals surface area contributed by atoms with Gasteiger partial charge in [0.1, 0.15) is 5.75 Å². The molecule has 27 heavy (non-hydrogen) atoms. The lowest BCUT2D eigenvalue weighted by molar-refractivity contribution is -0.123. The summed E-state index contributed by atoms with van der Waals surface area (Å²) in [5.74, 6) is 0.0690. The maximum Gasteiger partial charge on any atom is 0.261 e. The number of fused-ring (bicyclic) bond motifs is 1. The van der Waals surface area contributed by atoms with Gasteiger partial charge in [0.25, 0.3) is 11.8 Å². The molecule has 1 aliphatic rings. The van der Waals surface area contributed by atoms with Gasteiger partial charge in [-0.25, -0.2) is 0 Å². The van der Waals surface area contributed by atoms with E-state index < -0.39 is 0 Å². The number of hydrogen-bond donors (Lipinski definition) is 0. The molecule has 0 bridgehead atoms. The molecule has 0 unspecified atom stereocenters. The zero-order valence-electron chi connectivity index (χ0n) is 14.5. The monoisotopic (exact) mass is 377 g/mol. The molecule has 6 nitrogen and oxygen atoms in total. The summed E-state index contributed by atoms with van der Waals surface area (Å²) in [4.78, 5) is 27.3. The smallest absolute Gasteiger partial charge is 0.261 e. The van der Waals surface area contributed by atoms with E-state index in [1.807, 2.05) is 18.2 Å². The first kappa shape index (κ1) is 17.1. The van der Waals surface area contributed by atoms with Gasteiger partial charge in [-0.1, -0.05) is 34.8 Å². The van der Waals surface area contributed by atoms with Gasteiger partial charge < -0.3 is 4.74 Å². The molecule has 0 radical (unpaired) electrons. The highest BCUT2D eigenvalue weighted by molar-refractivity contribution is 7.03. The lowest BCUT2D eigenvalue weighted by Gasteiger charge is -2.28. The molecule has 2 aromatic carbocycles. The molecule has 0 atom stereocenters. The van der Waals surface area contributed by atoms with Crippen molar-refractivity contribution in [2.24, 2.45) is 0 Å². The number of imide groups is 1. The molecular formula is C20H15N3O3S. The van der Waals surface area contributed by atoms with Crippen LogP contribution in [0.2, 0.25) is 0 Å². The minimum absolute atomic E-state index is 0.183. The molecule has 4 rings (SSSR count). The number of benzene rings is 2. The number of carbonyl (C=O) groups excluding carboxylic acids is 2. The Kier molecular flexibility index (Phi) is 4.52. The van der Waals surface area contributed by atoms with E-state index >= 15 is 0 Å². The number of aromatic nitrogens is 2. The van der Waals surface area contributed by atoms with E-state index in [4.69, 9.17) is 4.74 Å². The van der Waals surface area contributed by atoms with Crippen molar-refractivity contribution in [1.82, 2.24) is 14.5 Å². The van der Waals surface area contributed by atoms with Crippen molar-refractivity contribution < 1.29 is 14.3 Å². The average Bonchev–Trinajstić information content (AvgIpc) is 3.22. The van der Waals surface area contributed by atoms with Gasteiger partial charge in [-0.15, -0.1) is 5.10 Å². The number of ether oxygens (including phenoxy) is 1. The molecule has 1 aliphatic heterocycles.